The van der Waals surface area contributed by atoms with Crippen LogP contribution in [0.3, 0.4) is 0 Å². The van der Waals surface area contributed by atoms with Crippen molar-refractivity contribution in [1.82, 2.24) is 0 Å². The maximum Gasteiger partial charge on any atom is 0.258 e. The minimum atomic E-state index is 0.0153. The van der Waals surface area contributed by atoms with E-state index in [1.165, 1.54) is 0 Å². The quantitative estimate of drug-likeness (QED) is 0.781. The predicted molar refractivity (Wildman–Crippen MR) is 94.0 cm³/mol. The van der Waals surface area contributed by atoms with Gasteiger partial charge in [-0.2, -0.15) is 0 Å². The fourth-order valence-corrected chi connectivity index (χ4v) is 2.97. The Morgan fingerprint density at radius 1 is 1.22 bits per heavy atom. The number of rotatable bonds is 2. The van der Waals surface area contributed by atoms with Crippen LogP contribution < -0.4 is 4.90 Å². The summed E-state index contributed by atoms with van der Waals surface area (Å²) in [7, 11) is 0. The number of carbonyl (C=O) groups excluding carboxylic acids is 1. The Bertz CT molecular complexity index is 787. The average molecular weight is 302 g/mol. The zero-order valence-corrected chi connectivity index (χ0v) is 13.1. The van der Waals surface area contributed by atoms with Crippen molar-refractivity contribution in [3.05, 3.63) is 65.7 Å². The molecule has 0 aromatic heterocycles. The van der Waals surface area contributed by atoms with Crippen LogP contribution in [0.1, 0.15) is 29.3 Å². The molecule has 1 aliphatic rings. The van der Waals surface area contributed by atoms with E-state index >= 15 is 0 Å². The van der Waals surface area contributed by atoms with Crippen molar-refractivity contribution in [2.24, 2.45) is 4.99 Å². The third kappa shape index (κ3) is 2.89. The normalized spacial score (nSPS) is 18.3. The molecule has 3 nitrogen and oxygen atoms in total. The minimum absolute atomic E-state index is 0.0153. The first-order chi connectivity index (χ1) is 11.2. The molecule has 0 aliphatic carbocycles. The summed E-state index contributed by atoms with van der Waals surface area (Å²) in [6.45, 7) is 2.41. The zero-order chi connectivity index (χ0) is 16.2. The van der Waals surface area contributed by atoms with Crippen molar-refractivity contribution in [1.29, 1.82) is 0 Å². The Kier molecular flexibility index (Phi) is 4.25. The smallest absolute Gasteiger partial charge is 0.258 e. The summed E-state index contributed by atoms with van der Waals surface area (Å²) in [6.07, 6.45) is 6.04. The lowest BCUT2D eigenvalue weighted by Crippen LogP contribution is -2.44. The molecule has 2 aromatic carbocycles. The van der Waals surface area contributed by atoms with E-state index in [1.807, 2.05) is 66.4 Å². The van der Waals surface area contributed by atoms with E-state index < -0.39 is 0 Å². The van der Waals surface area contributed by atoms with Crippen molar-refractivity contribution in [3.8, 4) is 12.3 Å². The third-order valence-corrected chi connectivity index (χ3v) is 4.00. The van der Waals surface area contributed by atoms with Crippen molar-refractivity contribution >= 4 is 17.3 Å². The van der Waals surface area contributed by atoms with Gasteiger partial charge in [0.25, 0.3) is 5.91 Å². The van der Waals surface area contributed by atoms with E-state index in [0.717, 1.165) is 17.0 Å². The molecule has 114 valence electrons. The number of nitrogens with zero attached hydrogens (tertiary/aromatic N) is 2. The first-order valence-corrected chi connectivity index (χ1v) is 7.67. The maximum absolute atomic E-state index is 12.9. The topological polar surface area (TPSA) is 32.7 Å². The summed E-state index contributed by atoms with van der Waals surface area (Å²) in [5, 5.41) is 0. The molecule has 0 spiro atoms. The number of terminal acetylenes is 1. The van der Waals surface area contributed by atoms with Gasteiger partial charge < -0.3 is 4.90 Å². The van der Waals surface area contributed by atoms with Gasteiger partial charge in [-0.25, -0.2) is 0 Å². The highest BCUT2D eigenvalue weighted by molar-refractivity contribution is 6.15. The van der Waals surface area contributed by atoms with Crippen LogP contribution in [0.15, 0.2) is 59.6 Å². The van der Waals surface area contributed by atoms with Gasteiger partial charge in [0.2, 0.25) is 0 Å². The number of aliphatic imine (C=N–C) groups is 1. The van der Waals surface area contributed by atoms with Gasteiger partial charge in [0.15, 0.2) is 0 Å². The van der Waals surface area contributed by atoms with Crippen LogP contribution in [0.25, 0.3) is 0 Å². The van der Waals surface area contributed by atoms with Gasteiger partial charge in [-0.1, -0.05) is 42.3 Å². The fourth-order valence-electron chi connectivity index (χ4n) is 2.97. The molecule has 0 radical (unpaired) electrons. The molecule has 1 aliphatic heterocycles. The monoisotopic (exact) mass is 302 g/mol. The molecule has 3 heteroatoms. The molecule has 0 N–H and O–H groups in total. The van der Waals surface area contributed by atoms with Crippen LogP contribution in [0, 0.1) is 12.3 Å². The maximum atomic E-state index is 12.9. The van der Waals surface area contributed by atoms with E-state index in [9.17, 15) is 4.79 Å². The Morgan fingerprint density at radius 3 is 2.65 bits per heavy atom. The molecule has 23 heavy (non-hydrogen) atoms. The van der Waals surface area contributed by atoms with Crippen molar-refractivity contribution in [2.75, 3.05) is 11.4 Å². The molecule has 0 bridgehead atoms. The van der Waals surface area contributed by atoms with E-state index in [-0.39, 0.29) is 11.9 Å². The number of benzene rings is 2. The van der Waals surface area contributed by atoms with E-state index in [4.69, 9.17) is 6.42 Å². The Morgan fingerprint density at radius 2 is 1.91 bits per heavy atom. The van der Waals surface area contributed by atoms with Crippen LogP contribution in [0.5, 0.6) is 0 Å². The van der Waals surface area contributed by atoms with E-state index in [0.29, 0.717) is 18.5 Å². The van der Waals surface area contributed by atoms with Crippen LogP contribution in [-0.4, -0.2) is 24.2 Å². The van der Waals surface area contributed by atoms with Gasteiger partial charge in [-0.15, -0.1) is 6.42 Å². The number of anilines is 1. The van der Waals surface area contributed by atoms with E-state index in [1.54, 1.807) is 0 Å². The standard InChI is InChI=1S/C20H18N2O/c1-3-13-21-18-14-15(2)22(19-12-8-7-11-17(18)19)20(23)16-9-5-4-6-10-16/h1,4-12,15H,13-14H2,2H3. The number of carbonyl (C=O) groups is 1. The summed E-state index contributed by atoms with van der Waals surface area (Å²) >= 11 is 0. The van der Waals surface area contributed by atoms with Crippen LogP contribution in [0.4, 0.5) is 5.69 Å². The first-order valence-electron chi connectivity index (χ1n) is 7.67. The van der Waals surface area contributed by atoms with Gasteiger partial charge in [0.05, 0.1) is 12.2 Å². The average Bonchev–Trinajstić information content (AvgIpc) is 2.60. The summed E-state index contributed by atoms with van der Waals surface area (Å²) in [5.74, 6) is 2.57. The molecule has 0 fully saturated rings. The Labute approximate surface area is 136 Å². The third-order valence-electron chi connectivity index (χ3n) is 4.00. The van der Waals surface area contributed by atoms with Crippen molar-refractivity contribution < 1.29 is 4.79 Å². The van der Waals surface area contributed by atoms with Gasteiger partial charge in [0.1, 0.15) is 0 Å². The van der Waals surface area contributed by atoms with Crippen LogP contribution in [0.2, 0.25) is 0 Å². The minimum Gasteiger partial charge on any atom is -0.305 e. The van der Waals surface area contributed by atoms with Crippen molar-refractivity contribution in [2.45, 2.75) is 19.4 Å². The number of para-hydroxylation sites is 1. The molecule has 2 aromatic rings. The van der Waals surface area contributed by atoms with Crippen LogP contribution in [-0.2, 0) is 0 Å². The van der Waals surface area contributed by atoms with Gasteiger partial charge in [-0.3, -0.25) is 9.79 Å². The summed E-state index contributed by atoms with van der Waals surface area (Å²) in [4.78, 5) is 19.3. The summed E-state index contributed by atoms with van der Waals surface area (Å²) < 4.78 is 0. The predicted octanol–water partition coefficient (Wildman–Crippen LogP) is 3.55. The SMILES string of the molecule is C#CCN=C1CC(C)N(C(=O)c2ccccc2)c2ccccc21. The highest BCUT2D eigenvalue weighted by Crippen LogP contribution is 2.32. The molecule has 1 amide bonds. The summed E-state index contributed by atoms with van der Waals surface area (Å²) in [5.41, 5.74) is 3.56. The molecular weight excluding hydrogens is 284 g/mol. The highest BCUT2D eigenvalue weighted by Gasteiger charge is 2.31. The highest BCUT2D eigenvalue weighted by atomic mass is 16.2. The second-order valence-electron chi connectivity index (χ2n) is 5.58. The lowest BCUT2D eigenvalue weighted by atomic mass is 9.93. The van der Waals surface area contributed by atoms with Gasteiger partial charge in [-0.05, 0) is 25.1 Å². The molecule has 1 heterocycles. The number of fused-ring (bicyclic) bond motifs is 1. The largest absolute Gasteiger partial charge is 0.305 e. The second-order valence-corrected chi connectivity index (χ2v) is 5.58. The molecule has 1 unspecified atom stereocenters. The van der Waals surface area contributed by atoms with Crippen LogP contribution >= 0.6 is 0 Å². The molecular formula is C20H18N2O. The second kappa shape index (κ2) is 6.50. The van der Waals surface area contributed by atoms with Gasteiger partial charge in [0, 0.05) is 29.3 Å². The number of hydrogen-bond acceptors (Lipinski definition) is 2. The Hall–Kier alpha value is -2.86. The number of hydrogen-bond donors (Lipinski definition) is 0. The van der Waals surface area contributed by atoms with E-state index in [2.05, 4.69) is 10.9 Å². The fraction of sp³-hybridized carbons (Fsp3) is 0.200. The molecule has 1 atom stereocenters. The lowest BCUT2D eigenvalue weighted by Gasteiger charge is -2.36. The first kappa shape index (κ1) is 15.1. The molecule has 0 saturated heterocycles. The Balaban J connectivity index is 2.05. The zero-order valence-electron chi connectivity index (χ0n) is 13.1. The summed E-state index contributed by atoms with van der Waals surface area (Å²) in [6, 6.07) is 17.3. The molecule has 3 rings (SSSR count). The molecule has 0 saturated carbocycles. The lowest BCUT2D eigenvalue weighted by molar-refractivity contribution is 0.0978. The van der Waals surface area contributed by atoms with Gasteiger partial charge >= 0.3 is 0 Å². The number of amides is 1. The van der Waals surface area contributed by atoms with Crippen molar-refractivity contribution in [3.63, 3.8) is 0 Å².